The molecule has 1 aliphatic rings. The summed E-state index contributed by atoms with van der Waals surface area (Å²) in [5.74, 6) is 0. The van der Waals surface area contributed by atoms with Crippen LogP contribution in [0.1, 0.15) is 60.6 Å². The maximum Gasteiger partial charge on any atom is 0.0900 e. The van der Waals surface area contributed by atoms with Gasteiger partial charge in [-0.05, 0) is 33.6 Å². The van der Waals surface area contributed by atoms with E-state index in [9.17, 15) is 5.11 Å². The summed E-state index contributed by atoms with van der Waals surface area (Å²) in [7, 11) is 0. The van der Waals surface area contributed by atoms with Crippen molar-refractivity contribution < 1.29 is 5.11 Å². The number of nitrogens with one attached hydrogen (secondary N) is 1. The van der Waals surface area contributed by atoms with Crippen molar-refractivity contribution in [2.75, 3.05) is 6.54 Å². The van der Waals surface area contributed by atoms with Crippen LogP contribution >= 0.6 is 11.3 Å². The predicted molar refractivity (Wildman–Crippen MR) is 76.0 cm³/mol. The Hall–Kier alpha value is -0.450. The topological polar surface area (TPSA) is 45.2 Å². The Kier molecular flexibility index (Phi) is 4.41. The van der Waals surface area contributed by atoms with E-state index >= 15 is 0 Å². The van der Waals surface area contributed by atoms with E-state index in [0.717, 1.165) is 36.4 Å². The highest BCUT2D eigenvalue weighted by atomic mass is 32.1. The van der Waals surface area contributed by atoms with Gasteiger partial charge in [0.2, 0.25) is 0 Å². The molecule has 2 N–H and O–H groups in total. The van der Waals surface area contributed by atoms with Crippen LogP contribution in [0, 0.1) is 13.8 Å². The Labute approximate surface area is 114 Å². The molecule has 1 atom stereocenters. The van der Waals surface area contributed by atoms with Crippen molar-refractivity contribution in [3.63, 3.8) is 0 Å². The van der Waals surface area contributed by atoms with Crippen molar-refractivity contribution in [2.24, 2.45) is 0 Å². The van der Waals surface area contributed by atoms with E-state index < -0.39 is 5.60 Å². The van der Waals surface area contributed by atoms with Crippen LogP contribution in [0.25, 0.3) is 0 Å². The number of hydrogen-bond acceptors (Lipinski definition) is 4. The number of aromatic nitrogens is 1. The van der Waals surface area contributed by atoms with E-state index in [1.165, 1.54) is 11.3 Å². The van der Waals surface area contributed by atoms with Gasteiger partial charge in [0.15, 0.2) is 0 Å². The maximum atomic E-state index is 10.5. The molecule has 102 valence electrons. The van der Waals surface area contributed by atoms with Crippen molar-refractivity contribution in [2.45, 2.75) is 64.5 Å². The lowest BCUT2D eigenvalue weighted by molar-refractivity contribution is 0.00305. The van der Waals surface area contributed by atoms with E-state index in [2.05, 4.69) is 24.1 Å². The number of rotatable bonds is 4. The van der Waals surface area contributed by atoms with Gasteiger partial charge in [0.25, 0.3) is 0 Å². The molecule has 3 nitrogen and oxygen atoms in total. The maximum absolute atomic E-state index is 10.5. The highest BCUT2D eigenvalue weighted by Crippen LogP contribution is 2.29. The van der Waals surface area contributed by atoms with Crippen molar-refractivity contribution >= 4 is 11.3 Å². The zero-order valence-electron chi connectivity index (χ0n) is 11.6. The van der Waals surface area contributed by atoms with Gasteiger partial charge < -0.3 is 10.4 Å². The first-order chi connectivity index (χ1) is 8.50. The van der Waals surface area contributed by atoms with Crippen LogP contribution in [-0.4, -0.2) is 22.2 Å². The minimum absolute atomic E-state index is 0.280. The van der Waals surface area contributed by atoms with E-state index in [4.69, 9.17) is 0 Å². The van der Waals surface area contributed by atoms with Gasteiger partial charge in [-0.1, -0.05) is 19.3 Å². The molecule has 1 saturated carbocycles. The van der Waals surface area contributed by atoms with Crippen LogP contribution < -0.4 is 5.32 Å². The monoisotopic (exact) mass is 268 g/mol. The van der Waals surface area contributed by atoms with E-state index in [1.807, 2.05) is 6.92 Å². The lowest BCUT2D eigenvalue weighted by Crippen LogP contribution is -2.42. The molecule has 0 spiro atoms. The molecule has 0 bridgehead atoms. The molecule has 0 aromatic carbocycles. The Bertz CT molecular complexity index is 396. The van der Waals surface area contributed by atoms with Gasteiger partial charge in [-0.15, -0.1) is 11.3 Å². The molecule has 2 rings (SSSR count). The molecule has 1 unspecified atom stereocenters. The van der Waals surface area contributed by atoms with Crippen LogP contribution in [0.4, 0.5) is 0 Å². The van der Waals surface area contributed by atoms with Gasteiger partial charge in [-0.25, -0.2) is 4.98 Å². The first-order valence-electron chi connectivity index (χ1n) is 6.90. The number of aryl methyl sites for hydroxylation is 2. The summed E-state index contributed by atoms with van der Waals surface area (Å²) >= 11 is 1.75. The molecule has 0 saturated heterocycles. The third-order valence-electron chi connectivity index (χ3n) is 3.85. The highest BCUT2D eigenvalue weighted by molar-refractivity contribution is 7.11. The second kappa shape index (κ2) is 5.68. The third kappa shape index (κ3) is 3.31. The molecular weight excluding hydrogens is 244 g/mol. The van der Waals surface area contributed by atoms with Gasteiger partial charge in [0, 0.05) is 17.5 Å². The van der Waals surface area contributed by atoms with Gasteiger partial charge in [-0.2, -0.15) is 0 Å². The highest BCUT2D eigenvalue weighted by Gasteiger charge is 2.29. The lowest BCUT2D eigenvalue weighted by atomic mass is 9.85. The fourth-order valence-electron chi connectivity index (χ4n) is 2.77. The first kappa shape index (κ1) is 14.0. The largest absolute Gasteiger partial charge is 0.389 e. The molecular formula is C14H24N2OS. The molecule has 1 fully saturated rings. The minimum atomic E-state index is -0.486. The molecule has 1 aromatic heterocycles. The fraction of sp³-hybridized carbons (Fsp3) is 0.786. The number of aliphatic hydroxyl groups is 1. The summed E-state index contributed by atoms with van der Waals surface area (Å²) in [6.07, 6.45) is 5.46. The normalized spacial score (nSPS) is 20.9. The average Bonchev–Trinajstić information content (AvgIpc) is 2.67. The average molecular weight is 268 g/mol. The summed E-state index contributed by atoms with van der Waals surface area (Å²) in [4.78, 5) is 5.76. The molecule has 18 heavy (non-hydrogen) atoms. The summed E-state index contributed by atoms with van der Waals surface area (Å²) in [6, 6.07) is 0.280. The van der Waals surface area contributed by atoms with Crippen LogP contribution in [0.15, 0.2) is 0 Å². The summed E-state index contributed by atoms with van der Waals surface area (Å²) in [5.41, 5.74) is 0.633. The predicted octanol–water partition coefficient (Wildman–Crippen LogP) is 3.11. The Morgan fingerprint density at radius 2 is 2.00 bits per heavy atom. The minimum Gasteiger partial charge on any atom is -0.389 e. The molecule has 0 radical (unpaired) electrons. The fourth-order valence-corrected chi connectivity index (χ4v) is 3.73. The van der Waals surface area contributed by atoms with Crippen LogP contribution in [0.2, 0.25) is 0 Å². The molecule has 4 heteroatoms. The second-order valence-corrected chi connectivity index (χ2v) is 6.80. The molecule has 0 amide bonds. The Morgan fingerprint density at radius 3 is 2.56 bits per heavy atom. The Morgan fingerprint density at radius 1 is 1.33 bits per heavy atom. The zero-order valence-corrected chi connectivity index (χ0v) is 12.4. The van der Waals surface area contributed by atoms with Crippen LogP contribution in [0.3, 0.4) is 0 Å². The quantitative estimate of drug-likeness (QED) is 0.882. The first-order valence-corrected chi connectivity index (χ1v) is 7.71. The van der Waals surface area contributed by atoms with Crippen molar-refractivity contribution in [3.05, 3.63) is 15.6 Å². The lowest BCUT2D eigenvalue weighted by Gasteiger charge is -2.33. The molecule has 0 aliphatic heterocycles. The van der Waals surface area contributed by atoms with Crippen LogP contribution in [0.5, 0.6) is 0 Å². The van der Waals surface area contributed by atoms with E-state index in [1.54, 1.807) is 11.3 Å². The number of thiazole rings is 1. The van der Waals surface area contributed by atoms with Crippen LogP contribution in [-0.2, 0) is 0 Å². The van der Waals surface area contributed by atoms with Crippen molar-refractivity contribution in [1.82, 2.24) is 10.3 Å². The van der Waals surface area contributed by atoms with Gasteiger partial charge in [0.1, 0.15) is 0 Å². The Balaban J connectivity index is 1.91. The second-order valence-electron chi connectivity index (χ2n) is 5.57. The van der Waals surface area contributed by atoms with E-state index in [0.29, 0.717) is 6.54 Å². The summed E-state index contributed by atoms with van der Waals surface area (Å²) < 4.78 is 0. The molecule has 1 heterocycles. The number of hydrogen-bond donors (Lipinski definition) is 2. The molecule has 1 aromatic rings. The zero-order chi connectivity index (χ0) is 13.2. The molecule has 1 aliphatic carbocycles. The summed E-state index contributed by atoms with van der Waals surface area (Å²) in [5, 5.41) is 15.1. The van der Waals surface area contributed by atoms with Gasteiger partial charge >= 0.3 is 0 Å². The third-order valence-corrected chi connectivity index (χ3v) is 5.11. The van der Waals surface area contributed by atoms with Crippen molar-refractivity contribution in [1.29, 1.82) is 0 Å². The van der Waals surface area contributed by atoms with Gasteiger partial charge in [-0.3, -0.25) is 0 Å². The SMILES string of the molecule is Cc1nc(C)c(C(C)NCC2(O)CCCCC2)s1. The summed E-state index contributed by atoms with van der Waals surface area (Å²) in [6.45, 7) is 6.96. The van der Waals surface area contributed by atoms with E-state index in [-0.39, 0.29) is 6.04 Å². The van der Waals surface area contributed by atoms with Gasteiger partial charge in [0.05, 0.1) is 16.3 Å². The smallest absolute Gasteiger partial charge is 0.0900 e. The van der Waals surface area contributed by atoms with Crippen molar-refractivity contribution in [3.8, 4) is 0 Å². The standard InChI is InChI=1S/C14H24N2OS/c1-10(13-11(2)16-12(3)18-13)15-9-14(17)7-5-4-6-8-14/h10,15,17H,4-9H2,1-3H3. The number of nitrogens with zero attached hydrogens (tertiary/aromatic N) is 1.